The molecule has 1 heterocycles. The van der Waals surface area contributed by atoms with E-state index in [0.717, 1.165) is 18.8 Å². The van der Waals surface area contributed by atoms with E-state index >= 15 is 0 Å². The van der Waals surface area contributed by atoms with Crippen molar-refractivity contribution in [3.05, 3.63) is 30.3 Å². The quantitative estimate of drug-likeness (QED) is 0.552. The first-order valence-electron chi connectivity index (χ1n) is 9.16. The molecule has 1 saturated carbocycles. The summed E-state index contributed by atoms with van der Waals surface area (Å²) in [6, 6.07) is 10.1. The van der Waals surface area contributed by atoms with Gasteiger partial charge in [0.1, 0.15) is 0 Å². The molecule has 2 unspecified atom stereocenters. The van der Waals surface area contributed by atoms with E-state index in [1.807, 2.05) is 23.1 Å². The predicted octanol–water partition coefficient (Wildman–Crippen LogP) is 1.01. The van der Waals surface area contributed by atoms with E-state index in [-0.39, 0.29) is 12.3 Å². The molecule has 0 bridgehead atoms. The Morgan fingerprint density at radius 2 is 1.77 bits per heavy atom. The van der Waals surface area contributed by atoms with E-state index < -0.39 is 23.3 Å². The molecule has 0 spiro atoms. The summed E-state index contributed by atoms with van der Waals surface area (Å²) in [4.78, 5) is 29.1. The predicted molar refractivity (Wildman–Crippen MR) is 96.6 cm³/mol. The second kappa shape index (κ2) is 7.63. The average Bonchev–Trinajstić information content (AvgIpc) is 2.67. The Morgan fingerprint density at radius 3 is 2.38 bits per heavy atom. The number of hydroxylamine groups is 1. The van der Waals surface area contributed by atoms with E-state index in [1.54, 1.807) is 12.4 Å². The van der Waals surface area contributed by atoms with Crippen molar-refractivity contribution in [1.29, 1.82) is 0 Å². The number of aliphatic hydroxyl groups is 1. The molecule has 26 heavy (non-hydrogen) atoms. The van der Waals surface area contributed by atoms with E-state index in [9.17, 15) is 14.7 Å². The van der Waals surface area contributed by atoms with Gasteiger partial charge in [0.2, 0.25) is 11.8 Å². The Morgan fingerprint density at radius 1 is 1.12 bits per heavy atom. The van der Waals surface area contributed by atoms with Crippen molar-refractivity contribution >= 4 is 17.5 Å². The van der Waals surface area contributed by atoms with Crippen molar-refractivity contribution in [2.75, 3.05) is 31.1 Å². The summed E-state index contributed by atoms with van der Waals surface area (Å²) in [5.41, 5.74) is 1.82. The van der Waals surface area contributed by atoms with Crippen molar-refractivity contribution in [3.63, 3.8) is 0 Å². The molecule has 3 atom stereocenters. The molecule has 1 aromatic rings. The Bertz CT molecular complexity index is 641. The van der Waals surface area contributed by atoms with Gasteiger partial charge in [-0.2, -0.15) is 0 Å². The molecule has 142 valence electrons. The number of rotatable bonds is 3. The maximum atomic E-state index is 13.0. The molecule has 0 aromatic heterocycles. The van der Waals surface area contributed by atoms with Gasteiger partial charge in [0, 0.05) is 31.9 Å². The molecule has 0 radical (unpaired) electrons. The largest absolute Gasteiger partial charge is 0.390 e. The fraction of sp³-hybridized carbons (Fsp3) is 0.579. The minimum Gasteiger partial charge on any atom is -0.390 e. The summed E-state index contributed by atoms with van der Waals surface area (Å²) >= 11 is 0. The minimum atomic E-state index is -0.986. The number of hydrogen-bond acceptors (Lipinski definition) is 5. The number of anilines is 1. The lowest BCUT2D eigenvalue weighted by atomic mass is 9.71. The fourth-order valence-electron chi connectivity index (χ4n) is 4.10. The van der Waals surface area contributed by atoms with Crippen LogP contribution in [0.2, 0.25) is 0 Å². The van der Waals surface area contributed by atoms with Gasteiger partial charge in [-0.3, -0.25) is 14.8 Å². The summed E-state index contributed by atoms with van der Waals surface area (Å²) in [5, 5.41) is 19.3. The molecule has 3 rings (SSSR count). The van der Waals surface area contributed by atoms with Crippen LogP contribution in [0.25, 0.3) is 0 Å². The third-order valence-electron chi connectivity index (χ3n) is 5.62. The van der Waals surface area contributed by atoms with Crippen LogP contribution in [0.1, 0.15) is 26.2 Å². The topological polar surface area (TPSA) is 93.1 Å². The van der Waals surface area contributed by atoms with Crippen LogP contribution in [-0.2, 0) is 9.59 Å². The first kappa shape index (κ1) is 18.7. The SMILES string of the molecule is CC1(O)CCC(C(=O)N2CCN(c3ccccc3)CC2)[C@@H](C(=O)NO)C1. The van der Waals surface area contributed by atoms with Crippen LogP contribution >= 0.6 is 0 Å². The lowest BCUT2D eigenvalue weighted by molar-refractivity contribution is -0.152. The van der Waals surface area contributed by atoms with Crippen LogP contribution in [0.3, 0.4) is 0 Å². The molecular weight excluding hydrogens is 334 g/mol. The van der Waals surface area contributed by atoms with Crippen LogP contribution in [0.5, 0.6) is 0 Å². The van der Waals surface area contributed by atoms with Gasteiger partial charge < -0.3 is 14.9 Å². The van der Waals surface area contributed by atoms with Crippen molar-refractivity contribution in [2.45, 2.75) is 31.8 Å². The molecule has 7 heteroatoms. The second-order valence-corrected chi connectivity index (χ2v) is 7.58. The number of hydrogen-bond donors (Lipinski definition) is 3. The Hall–Kier alpha value is -2.12. The third-order valence-corrected chi connectivity index (χ3v) is 5.62. The molecule has 7 nitrogen and oxygen atoms in total. The highest BCUT2D eigenvalue weighted by Crippen LogP contribution is 2.37. The fourth-order valence-corrected chi connectivity index (χ4v) is 4.10. The number of nitrogens with zero attached hydrogens (tertiary/aromatic N) is 2. The van der Waals surface area contributed by atoms with Gasteiger partial charge in [-0.1, -0.05) is 18.2 Å². The highest BCUT2D eigenvalue weighted by Gasteiger charge is 2.44. The van der Waals surface area contributed by atoms with Gasteiger partial charge in [0.05, 0.1) is 17.4 Å². The summed E-state index contributed by atoms with van der Waals surface area (Å²) in [7, 11) is 0. The normalized spacial score (nSPS) is 29.3. The second-order valence-electron chi connectivity index (χ2n) is 7.58. The average molecular weight is 361 g/mol. The number of para-hydroxylation sites is 1. The van der Waals surface area contributed by atoms with E-state index in [0.29, 0.717) is 25.9 Å². The van der Waals surface area contributed by atoms with E-state index in [2.05, 4.69) is 17.0 Å². The van der Waals surface area contributed by atoms with Crippen LogP contribution in [0, 0.1) is 11.8 Å². The molecule has 2 fully saturated rings. The molecule has 1 aliphatic heterocycles. The highest BCUT2D eigenvalue weighted by atomic mass is 16.5. The van der Waals surface area contributed by atoms with Crippen molar-refractivity contribution in [1.82, 2.24) is 10.4 Å². The maximum Gasteiger partial charge on any atom is 0.247 e. The molecule has 1 aromatic carbocycles. The number of benzene rings is 1. The summed E-state index contributed by atoms with van der Waals surface area (Å²) < 4.78 is 0. The zero-order chi connectivity index (χ0) is 18.7. The first-order valence-corrected chi connectivity index (χ1v) is 9.16. The van der Waals surface area contributed by atoms with Crippen LogP contribution in [0.4, 0.5) is 5.69 Å². The van der Waals surface area contributed by atoms with Gasteiger partial charge in [0.25, 0.3) is 0 Å². The van der Waals surface area contributed by atoms with Gasteiger partial charge in [-0.05, 0) is 38.3 Å². The first-order chi connectivity index (χ1) is 12.4. The van der Waals surface area contributed by atoms with Crippen molar-refractivity contribution in [3.8, 4) is 0 Å². The number of nitrogens with one attached hydrogen (secondary N) is 1. The molecule has 2 aliphatic rings. The molecule has 3 N–H and O–H groups in total. The summed E-state index contributed by atoms with van der Waals surface area (Å²) in [5.74, 6) is -1.85. The van der Waals surface area contributed by atoms with Crippen LogP contribution in [-0.4, -0.2) is 58.8 Å². The Labute approximate surface area is 153 Å². The lowest BCUT2D eigenvalue weighted by Gasteiger charge is -2.42. The molecule has 2 amide bonds. The monoisotopic (exact) mass is 361 g/mol. The van der Waals surface area contributed by atoms with Crippen molar-refractivity contribution in [2.24, 2.45) is 11.8 Å². The van der Waals surface area contributed by atoms with Gasteiger partial charge in [0.15, 0.2) is 0 Å². The lowest BCUT2D eigenvalue weighted by Crippen LogP contribution is -2.54. The summed E-state index contributed by atoms with van der Waals surface area (Å²) in [6.07, 6.45) is 1.10. The maximum absolute atomic E-state index is 13.0. The van der Waals surface area contributed by atoms with Gasteiger partial charge in [-0.25, -0.2) is 5.48 Å². The van der Waals surface area contributed by atoms with E-state index in [1.165, 1.54) is 0 Å². The zero-order valence-corrected chi connectivity index (χ0v) is 15.1. The van der Waals surface area contributed by atoms with Gasteiger partial charge in [-0.15, -0.1) is 0 Å². The Balaban J connectivity index is 1.64. The molecular formula is C19H27N3O4. The minimum absolute atomic E-state index is 0.0539. The smallest absolute Gasteiger partial charge is 0.247 e. The Kier molecular flexibility index (Phi) is 5.48. The van der Waals surface area contributed by atoms with E-state index in [4.69, 9.17) is 5.21 Å². The molecule has 1 saturated heterocycles. The number of amides is 2. The number of carbonyl (C=O) groups is 2. The van der Waals surface area contributed by atoms with Crippen LogP contribution < -0.4 is 10.4 Å². The summed E-state index contributed by atoms with van der Waals surface area (Å²) in [6.45, 7) is 4.38. The third kappa shape index (κ3) is 3.99. The number of piperazine rings is 1. The van der Waals surface area contributed by atoms with Gasteiger partial charge >= 0.3 is 0 Å². The van der Waals surface area contributed by atoms with Crippen molar-refractivity contribution < 1.29 is 19.9 Å². The number of carbonyl (C=O) groups excluding carboxylic acids is 2. The highest BCUT2D eigenvalue weighted by molar-refractivity contribution is 5.87. The molecule has 1 aliphatic carbocycles. The zero-order valence-electron chi connectivity index (χ0n) is 15.1. The standard InChI is InChI=1S/C19H27N3O4/c1-19(25)8-7-15(16(13-19)17(23)20-26)18(24)22-11-9-21(10-12-22)14-5-3-2-4-6-14/h2-6,15-16,25-26H,7-13H2,1H3,(H,20,23)/t15?,16-,19?/m0/s1. The van der Waals surface area contributed by atoms with Crippen LogP contribution in [0.15, 0.2) is 30.3 Å².